The summed E-state index contributed by atoms with van der Waals surface area (Å²) in [5.41, 5.74) is 5.22. The van der Waals surface area contributed by atoms with Gasteiger partial charge < -0.3 is 5.11 Å². The summed E-state index contributed by atoms with van der Waals surface area (Å²) in [4.78, 5) is 20.5. The minimum Gasteiger partial charge on any atom is -0.478 e. The lowest BCUT2D eigenvalue weighted by Gasteiger charge is -2.13. The van der Waals surface area contributed by atoms with E-state index in [1.54, 1.807) is 12.1 Å². The number of hydrogen-bond donors (Lipinski definition) is 1. The first-order valence-electron chi connectivity index (χ1n) is 8.43. The standard InChI is InChI=1S/C22H20N2O2/c1-3-7-19-15(2)23-21(17-8-5-4-6-9-17)24-20(19)14-16-10-12-18(13-11-16)22(25)26/h3-6,8-13H,1,7,14H2,2H3,(H,25,26). The molecule has 0 saturated heterocycles. The highest BCUT2D eigenvalue weighted by Gasteiger charge is 2.13. The zero-order valence-corrected chi connectivity index (χ0v) is 14.6. The van der Waals surface area contributed by atoms with Gasteiger partial charge in [0.1, 0.15) is 0 Å². The van der Waals surface area contributed by atoms with E-state index in [9.17, 15) is 4.79 Å². The number of carbonyl (C=O) groups is 1. The number of rotatable bonds is 6. The SMILES string of the molecule is C=CCc1c(C)nc(-c2ccccc2)nc1Cc1ccc(C(=O)O)cc1. The van der Waals surface area contributed by atoms with E-state index in [1.165, 1.54) is 0 Å². The molecule has 0 aliphatic heterocycles. The fourth-order valence-electron chi connectivity index (χ4n) is 2.89. The van der Waals surface area contributed by atoms with E-state index in [0.717, 1.165) is 28.1 Å². The number of allylic oxidation sites excluding steroid dienone is 1. The van der Waals surface area contributed by atoms with Crippen LogP contribution in [0, 0.1) is 6.92 Å². The van der Waals surface area contributed by atoms with E-state index in [-0.39, 0.29) is 5.56 Å². The Morgan fingerprint density at radius 2 is 1.77 bits per heavy atom. The van der Waals surface area contributed by atoms with Gasteiger partial charge in [-0.1, -0.05) is 48.5 Å². The average Bonchev–Trinajstić information content (AvgIpc) is 2.65. The van der Waals surface area contributed by atoms with Crippen LogP contribution in [-0.4, -0.2) is 21.0 Å². The van der Waals surface area contributed by atoms with Crippen molar-refractivity contribution in [3.8, 4) is 11.4 Å². The van der Waals surface area contributed by atoms with Crippen LogP contribution < -0.4 is 0 Å². The molecular weight excluding hydrogens is 324 g/mol. The maximum Gasteiger partial charge on any atom is 0.335 e. The van der Waals surface area contributed by atoms with Crippen molar-refractivity contribution in [2.24, 2.45) is 0 Å². The Hall–Kier alpha value is -3.27. The van der Waals surface area contributed by atoms with E-state index in [4.69, 9.17) is 10.1 Å². The van der Waals surface area contributed by atoms with E-state index < -0.39 is 5.97 Å². The van der Waals surface area contributed by atoms with Crippen LogP contribution in [0.4, 0.5) is 0 Å². The molecule has 3 aromatic rings. The van der Waals surface area contributed by atoms with Crippen molar-refractivity contribution in [2.45, 2.75) is 19.8 Å². The molecule has 0 bridgehead atoms. The average molecular weight is 344 g/mol. The third-order valence-electron chi connectivity index (χ3n) is 4.25. The second-order valence-electron chi connectivity index (χ2n) is 6.10. The first kappa shape index (κ1) is 17.5. The summed E-state index contributed by atoms with van der Waals surface area (Å²) in [5.74, 6) is -0.221. The summed E-state index contributed by atoms with van der Waals surface area (Å²) in [6, 6.07) is 16.8. The lowest BCUT2D eigenvalue weighted by atomic mass is 10.0. The Morgan fingerprint density at radius 1 is 1.08 bits per heavy atom. The molecule has 0 atom stereocenters. The number of carboxylic acids is 1. The van der Waals surface area contributed by atoms with Crippen LogP contribution in [0.2, 0.25) is 0 Å². The van der Waals surface area contributed by atoms with Crippen LogP contribution in [0.3, 0.4) is 0 Å². The van der Waals surface area contributed by atoms with Gasteiger partial charge in [-0.25, -0.2) is 14.8 Å². The molecule has 1 N–H and O–H groups in total. The van der Waals surface area contributed by atoms with Crippen LogP contribution in [0.5, 0.6) is 0 Å². The van der Waals surface area contributed by atoms with Gasteiger partial charge in [0.25, 0.3) is 0 Å². The van der Waals surface area contributed by atoms with Gasteiger partial charge in [-0.05, 0) is 36.6 Å². The predicted molar refractivity (Wildman–Crippen MR) is 102 cm³/mol. The molecule has 2 aromatic carbocycles. The highest BCUT2D eigenvalue weighted by molar-refractivity contribution is 5.87. The molecule has 4 heteroatoms. The first-order valence-corrected chi connectivity index (χ1v) is 8.43. The zero-order valence-electron chi connectivity index (χ0n) is 14.6. The number of nitrogens with zero attached hydrogens (tertiary/aromatic N) is 2. The fraction of sp³-hybridized carbons (Fsp3) is 0.136. The lowest BCUT2D eigenvalue weighted by Crippen LogP contribution is -2.06. The molecule has 0 fully saturated rings. The molecule has 0 amide bonds. The van der Waals surface area contributed by atoms with E-state index >= 15 is 0 Å². The monoisotopic (exact) mass is 344 g/mol. The molecule has 0 aliphatic rings. The second kappa shape index (κ2) is 7.74. The summed E-state index contributed by atoms with van der Waals surface area (Å²) >= 11 is 0. The van der Waals surface area contributed by atoms with Gasteiger partial charge in [-0.3, -0.25) is 0 Å². The molecule has 26 heavy (non-hydrogen) atoms. The minimum absolute atomic E-state index is 0.281. The highest BCUT2D eigenvalue weighted by Crippen LogP contribution is 2.22. The Morgan fingerprint density at radius 3 is 2.38 bits per heavy atom. The van der Waals surface area contributed by atoms with Crippen LogP contribution >= 0.6 is 0 Å². The van der Waals surface area contributed by atoms with Gasteiger partial charge in [0.15, 0.2) is 5.82 Å². The Bertz CT molecular complexity index is 932. The maximum absolute atomic E-state index is 11.0. The Balaban J connectivity index is 2.01. The van der Waals surface area contributed by atoms with Crippen LogP contribution in [-0.2, 0) is 12.8 Å². The lowest BCUT2D eigenvalue weighted by molar-refractivity contribution is 0.0697. The smallest absolute Gasteiger partial charge is 0.335 e. The number of carboxylic acid groups (broad SMARTS) is 1. The number of aryl methyl sites for hydroxylation is 1. The van der Waals surface area contributed by atoms with Crippen molar-refractivity contribution in [2.75, 3.05) is 0 Å². The molecule has 130 valence electrons. The minimum atomic E-state index is -0.923. The van der Waals surface area contributed by atoms with Crippen LogP contribution in [0.1, 0.15) is 32.9 Å². The van der Waals surface area contributed by atoms with Gasteiger partial charge in [0.2, 0.25) is 0 Å². The van der Waals surface area contributed by atoms with Crippen LogP contribution in [0.25, 0.3) is 11.4 Å². The van der Waals surface area contributed by atoms with Crippen molar-refractivity contribution in [1.29, 1.82) is 0 Å². The Kier molecular flexibility index (Phi) is 5.23. The highest BCUT2D eigenvalue weighted by atomic mass is 16.4. The molecule has 0 saturated carbocycles. The van der Waals surface area contributed by atoms with E-state index in [2.05, 4.69) is 11.6 Å². The molecule has 3 rings (SSSR count). The van der Waals surface area contributed by atoms with E-state index in [0.29, 0.717) is 18.7 Å². The summed E-state index contributed by atoms with van der Waals surface area (Å²) in [5, 5.41) is 9.05. The van der Waals surface area contributed by atoms with E-state index in [1.807, 2.05) is 55.5 Å². The van der Waals surface area contributed by atoms with Crippen molar-refractivity contribution >= 4 is 5.97 Å². The molecule has 4 nitrogen and oxygen atoms in total. The van der Waals surface area contributed by atoms with Crippen molar-refractivity contribution in [3.63, 3.8) is 0 Å². The maximum atomic E-state index is 11.0. The fourth-order valence-corrected chi connectivity index (χ4v) is 2.89. The first-order chi connectivity index (χ1) is 12.6. The number of aromatic carboxylic acids is 1. The van der Waals surface area contributed by atoms with Crippen LogP contribution in [0.15, 0.2) is 67.3 Å². The van der Waals surface area contributed by atoms with Gasteiger partial charge in [0, 0.05) is 17.7 Å². The third-order valence-corrected chi connectivity index (χ3v) is 4.25. The summed E-state index contributed by atoms with van der Waals surface area (Å²) in [7, 11) is 0. The topological polar surface area (TPSA) is 63.1 Å². The second-order valence-corrected chi connectivity index (χ2v) is 6.10. The molecule has 0 spiro atoms. The molecule has 1 aromatic heterocycles. The summed E-state index contributed by atoms with van der Waals surface area (Å²) in [6.45, 7) is 5.83. The molecule has 0 aliphatic carbocycles. The van der Waals surface area contributed by atoms with Crippen molar-refractivity contribution in [1.82, 2.24) is 9.97 Å². The predicted octanol–water partition coefficient (Wildman–Crippen LogP) is 4.47. The largest absolute Gasteiger partial charge is 0.478 e. The molecule has 0 unspecified atom stereocenters. The van der Waals surface area contributed by atoms with Gasteiger partial charge in [-0.2, -0.15) is 0 Å². The molecule has 0 radical (unpaired) electrons. The normalized spacial score (nSPS) is 10.5. The van der Waals surface area contributed by atoms with Gasteiger partial charge >= 0.3 is 5.97 Å². The van der Waals surface area contributed by atoms with Gasteiger partial charge in [-0.15, -0.1) is 6.58 Å². The number of aromatic nitrogens is 2. The zero-order chi connectivity index (χ0) is 18.5. The summed E-state index contributed by atoms with van der Waals surface area (Å²) in [6.07, 6.45) is 3.17. The number of hydrogen-bond acceptors (Lipinski definition) is 3. The van der Waals surface area contributed by atoms with Crippen molar-refractivity contribution < 1.29 is 9.90 Å². The quantitative estimate of drug-likeness (QED) is 0.670. The molecule has 1 heterocycles. The molecular formula is C22H20N2O2. The number of benzene rings is 2. The Labute approximate surface area is 152 Å². The summed E-state index contributed by atoms with van der Waals surface area (Å²) < 4.78 is 0. The van der Waals surface area contributed by atoms with Gasteiger partial charge in [0.05, 0.1) is 11.3 Å². The van der Waals surface area contributed by atoms with Crippen molar-refractivity contribution in [3.05, 3.63) is 95.3 Å². The third kappa shape index (κ3) is 3.86.